The summed E-state index contributed by atoms with van der Waals surface area (Å²) in [7, 11) is 0. The highest BCUT2D eigenvalue weighted by Crippen LogP contribution is 2.23. The zero-order valence-corrected chi connectivity index (χ0v) is 14.0. The summed E-state index contributed by atoms with van der Waals surface area (Å²) < 4.78 is 7.85. The zero-order valence-electron chi connectivity index (χ0n) is 14.0. The number of nitrogens with zero attached hydrogens (tertiary/aromatic N) is 3. The van der Waals surface area contributed by atoms with Crippen molar-refractivity contribution in [3.05, 3.63) is 84.6 Å². The first kappa shape index (κ1) is 14.7. The molecule has 5 heteroatoms. The van der Waals surface area contributed by atoms with E-state index in [9.17, 15) is 0 Å². The summed E-state index contributed by atoms with van der Waals surface area (Å²) in [6, 6.07) is 23.9. The van der Waals surface area contributed by atoms with Crippen molar-refractivity contribution < 1.29 is 4.74 Å². The number of hydrogen-bond acceptors (Lipinski definition) is 3. The first-order valence-corrected chi connectivity index (χ1v) is 8.47. The fraction of sp³-hybridized carbons (Fsp3) is 0.0476. The molecule has 26 heavy (non-hydrogen) atoms. The van der Waals surface area contributed by atoms with Crippen LogP contribution in [0.5, 0.6) is 11.6 Å². The summed E-state index contributed by atoms with van der Waals surface area (Å²) in [5.41, 5.74) is 4.10. The van der Waals surface area contributed by atoms with Crippen LogP contribution in [0.4, 0.5) is 0 Å². The van der Waals surface area contributed by atoms with Gasteiger partial charge in [0.1, 0.15) is 5.75 Å². The lowest BCUT2D eigenvalue weighted by Gasteiger charge is -2.17. The third kappa shape index (κ3) is 2.69. The smallest absolute Gasteiger partial charge is 0.221 e. The number of pyridine rings is 2. The third-order valence-corrected chi connectivity index (χ3v) is 4.33. The average molecular weight is 340 g/mol. The van der Waals surface area contributed by atoms with Crippen LogP contribution >= 0.6 is 0 Å². The molecular weight excluding hydrogens is 324 g/mol. The number of benzene rings is 2. The largest absolute Gasteiger partial charge is 0.439 e. The SMILES string of the molecule is c1ccc(Oc2ccc3[nH]n(Cc4ccc5ncccc5c4)c3n2)cc1. The molecule has 0 spiro atoms. The van der Waals surface area contributed by atoms with Crippen LogP contribution in [0.3, 0.4) is 0 Å². The van der Waals surface area contributed by atoms with Crippen molar-refractivity contribution >= 4 is 22.1 Å². The van der Waals surface area contributed by atoms with Crippen molar-refractivity contribution in [2.24, 2.45) is 0 Å². The van der Waals surface area contributed by atoms with Gasteiger partial charge in [-0.2, -0.15) is 4.98 Å². The van der Waals surface area contributed by atoms with Crippen molar-refractivity contribution in [1.29, 1.82) is 0 Å². The zero-order chi connectivity index (χ0) is 17.3. The van der Waals surface area contributed by atoms with Crippen molar-refractivity contribution in [3.63, 3.8) is 0 Å². The molecule has 0 fully saturated rings. The predicted octanol–water partition coefficient (Wildman–Crippen LogP) is 4.75. The van der Waals surface area contributed by atoms with Crippen LogP contribution in [0.2, 0.25) is 0 Å². The Labute approximate surface area is 149 Å². The molecule has 0 aliphatic carbocycles. The molecule has 0 aliphatic heterocycles. The van der Waals surface area contributed by atoms with Crippen molar-refractivity contribution in [2.45, 2.75) is 6.54 Å². The van der Waals surface area contributed by atoms with Crippen LogP contribution in [-0.2, 0) is 6.54 Å². The Morgan fingerprint density at radius 3 is 2.77 bits per heavy atom. The van der Waals surface area contributed by atoms with Crippen LogP contribution in [-0.4, -0.2) is 19.7 Å². The van der Waals surface area contributed by atoms with Crippen LogP contribution in [0, 0.1) is 0 Å². The fourth-order valence-electron chi connectivity index (χ4n) is 3.06. The van der Waals surface area contributed by atoms with E-state index >= 15 is 0 Å². The lowest BCUT2D eigenvalue weighted by Crippen LogP contribution is -2.13. The van der Waals surface area contributed by atoms with E-state index in [2.05, 4.69) is 33.3 Å². The van der Waals surface area contributed by atoms with Crippen LogP contribution < -0.4 is 4.74 Å². The van der Waals surface area contributed by atoms with E-state index in [0.717, 1.165) is 34.4 Å². The second-order valence-corrected chi connectivity index (χ2v) is 6.16. The Morgan fingerprint density at radius 1 is 0.923 bits per heavy atom. The summed E-state index contributed by atoms with van der Waals surface area (Å²) in [6.07, 6.45) is 1.81. The Kier molecular flexibility index (Phi) is 3.42. The first-order chi connectivity index (χ1) is 12.8. The quantitative estimate of drug-likeness (QED) is 0.513. The normalized spacial score (nSPS) is 11.2. The van der Waals surface area contributed by atoms with Gasteiger partial charge in [-0.1, -0.05) is 30.3 Å². The Hall–Kier alpha value is -3.60. The van der Waals surface area contributed by atoms with E-state index in [4.69, 9.17) is 4.74 Å². The lowest BCUT2D eigenvalue weighted by atomic mass is 10.1. The number of aromatic nitrogens is 4. The summed E-state index contributed by atoms with van der Waals surface area (Å²) in [5, 5.41) is 4.45. The lowest BCUT2D eigenvalue weighted by molar-refractivity contribution is 0.462. The van der Waals surface area contributed by atoms with Gasteiger partial charge in [0.25, 0.3) is 0 Å². The standard InChI is InChI=1S/C21H16N4O/c1-2-6-17(7-3-1)26-20-11-10-19-21(23-20)25(24-19)14-15-8-9-18-16(13-15)5-4-12-22-18/h1-13,24H,14H2. The maximum Gasteiger partial charge on any atom is 0.221 e. The molecule has 0 unspecified atom stereocenters. The van der Waals surface area contributed by atoms with Crippen molar-refractivity contribution in [2.75, 3.05) is 0 Å². The number of aromatic amines is 1. The molecule has 0 bridgehead atoms. The minimum absolute atomic E-state index is 0.587. The molecule has 0 saturated heterocycles. The van der Waals surface area contributed by atoms with E-state index in [1.165, 1.54) is 5.56 Å². The minimum Gasteiger partial charge on any atom is -0.439 e. The molecule has 0 radical (unpaired) electrons. The maximum absolute atomic E-state index is 5.83. The summed E-state index contributed by atoms with van der Waals surface area (Å²) in [5.74, 6) is 1.37. The molecule has 126 valence electrons. The van der Waals surface area contributed by atoms with Crippen LogP contribution in [0.15, 0.2) is 79.0 Å². The fourth-order valence-corrected chi connectivity index (χ4v) is 3.06. The number of ether oxygens (including phenoxy) is 1. The van der Waals surface area contributed by atoms with E-state index in [0.29, 0.717) is 5.88 Å². The number of fused-ring (bicyclic) bond motifs is 2. The molecule has 5 nitrogen and oxygen atoms in total. The van der Waals surface area contributed by atoms with Gasteiger partial charge in [-0.15, -0.1) is 0 Å². The molecule has 3 aromatic heterocycles. The number of rotatable bonds is 4. The number of hydrogen-bond donors (Lipinski definition) is 1. The average Bonchev–Trinajstić information content (AvgIpc) is 2.68. The highest BCUT2D eigenvalue weighted by molar-refractivity contribution is 5.79. The molecule has 5 rings (SSSR count). The second-order valence-electron chi connectivity index (χ2n) is 6.16. The molecule has 0 saturated carbocycles. The highest BCUT2D eigenvalue weighted by atomic mass is 16.5. The molecule has 0 atom stereocenters. The Balaban J connectivity index is 1.43. The second kappa shape index (κ2) is 6.04. The van der Waals surface area contributed by atoms with E-state index in [1.54, 1.807) is 0 Å². The predicted molar refractivity (Wildman–Crippen MR) is 101 cm³/mol. The number of H-pyrrole nitrogens is 1. The Morgan fingerprint density at radius 2 is 1.85 bits per heavy atom. The van der Waals surface area contributed by atoms with Gasteiger partial charge in [-0.25, -0.2) is 0 Å². The van der Waals surface area contributed by atoms with Crippen molar-refractivity contribution in [3.8, 4) is 11.6 Å². The number of para-hydroxylation sites is 1. The maximum atomic E-state index is 5.83. The van der Waals surface area contributed by atoms with Gasteiger partial charge < -0.3 is 4.74 Å². The molecule has 3 heterocycles. The van der Waals surface area contributed by atoms with E-state index in [1.807, 2.05) is 65.5 Å². The van der Waals surface area contributed by atoms with Gasteiger partial charge in [0.05, 0.1) is 17.6 Å². The highest BCUT2D eigenvalue weighted by Gasteiger charge is 2.10. The van der Waals surface area contributed by atoms with Crippen molar-refractivity contribution in [1.82, 2.24) is 19.7 Å². The van der Waals surface area contributed by atoms with Crippen LogP contribution in [0.25, 0.3) is 22.1 Å². The van der Waals surface area contributed by atoms with Gasteiger partial charge in [-0.3, -0.25) is 14.8 Å². The summed E-state index contributed by atoms with van der Waals surface area (Å²) >= 11 is 0. The Bertz CT molecular complexity index is 1190. The topological polar surface area (TPSA) is 55.7 Å². The first-order valence-electron chi connectivity index (χ1n) is 8.47. The summed E-state index contributed by atoms with van der Waals surface area (Å²) in [4.78, 5) is 8.99. The third-order valence-electron chi connectivity index (χ3n) is 4.33. The number of nitrogens with one attached hydrogen (secondary N) is 1. The van der Waals surface area contributed by atoms with Gasteiger partial charge in [0, 0.05) is 17.6 Å². The van der Waals surface area contributed by atoms with Gasteiger partial charge in [0.2, 0.25) is 5.88 Å². The van der Waals surface area contributed by atoms with Gasteiger partial charge >= 0.3 is 0 Å². The summed E-state index contributed by atoms with van der Waals surface area (Å²) in [6.45, 7) is 0.722. The van der Waals surface area contributed by atoms with E-state index in [-0.39, 0.29) is 0 Å². The molecule has 0 amide bonds. The van der Waals surface area contributed by atoms with Crippen LogP contribution in [0.1, 0.15) is 5.56 Å². The molecule has 1 N–H and O–H groups in total. The minimum atomic E-state index is 0.587. The van der Waals surface area contributed by atoms with Gasteiger partial charge in [0.15, 0.2) is 5.65 Å². The van der Waals surface area contributed by atoms with E-state index < -0.39 is 0 Å². The molecule has 5 aromatic rings. The van der Waals surface area contributed by atoms with Gasteiger partial charge in [-0.05, 0) is 42.0 Å². The molecule has 0 aliphatic rings. The molecular formula is C21H16N4O. The molecule has 2 aromatic carbocycles. The monoisotopic (exact) mass is 340 g/mol.